The molecular weight excluding hydrogens is 144 g/mol. The van der Waals surface area contributed by atoms with E-state index >= 15 is 0 Å². The molecular formula is C12H20. The Morgan fingerprint density at radius 2 is 2.33 bits per heavy atom. The maximum absolute atomic E-state index is 2.40. The first kappa shape index (κ1) is 9.57. The second kappa shape index (κ2) is 4.49. The van der Waals surface area contributed by atoms with Crippen LogP contribution in [0.2, 0.25) is 0 Å². The van der Waals surface area contributed by atoms with Crippen LogP contribution in [-0.2, 0) is 0 Å². The summed E-state index contributed by atoms with van der Waals surface area (Å²) in [6.45, 7) is 6.73. The Morgan fingerprint density at radius 3 is 2.92 bits per heavy atom. The van der Waals surface area contributed by atoms with Crippen LogP contribution in [0.15, 0.2) is 24.3 Å². The van der Waals surface area contributed by atoms with E-state index in [2.05, 4.69) is 45.1 Å². The first-order chi connectivity index (χ1) is 5.79. The highest BCUT2D eigenvalue weighted by atomic mass is 14.3. The quantitative estimate of drug-likeness (QED) is 0.556. The Balaban J connectivity index is 2.54. The Kier molecular flexibility index (Phi) is 3.58. The minimum absolute atomic E-state index is 0.721. The summed E-state index contributed by atoms with van der Waals surface area (Å²) in [5.74, 6) is 2.42. The van der Waals surface area contributed by atoms with E-state index in [1.54, 1.807) is 0 Å². The first-order valence-corrected chi connectivity index (χ1v) is 5.09. The number of hydrogen-bond donors (Lipinski definition) is 0. The second-order valence-electron chi connectivity index (χ2n) is 3.79. The molecule has 3 unspecified atom stereocenters. The van der Waals surface area contributed by atoms with E-state index in [1.165, 1.54) is 12.8 Å². The molecule has 0 aliphatic heterocycles. The zero-order valence-electron chi connectivity index (χ0n) is 8.46. The van der Waals surface area contributed by atoms with E-state index in [-0.39, 0.29) is 0 Å². The van der Waals surface area contributed by atoms with Crippen molar-refractivity contribution in [3.8, 4) is 0 Å². The van der Waals surface area contributed by atoms with Crippen LogP contribution in [0.25, 0.3) is 0 Å². The lowest BCUT2D eigenvalue weighted by atomic mass is 9.83. The van der Waals surface area contributed by atoms with Gasteiger partial charge >= 0.3 is 0 Å². The van der Waals surface area contributed by atoms with Gasteiger partial charge in [0.25, 0.3) is 0 Å². The van der Waals surface area contributed by atoms with Crippen molar-refractivity contribution in [2.75, 3.05) is 0 Å². The minimum Gasteiger partial charge on any atom is -0.0914 e. The summed E-state index contributed by atoms with van der Waals surface area (Å²) in [4.78, 5) is 0. The molecule has 3 atom stereocenters. The summed E-state index contributed by atoms with van der Waals surface area (Å²) in [6, 6.07) is 0. The molecule has 0 aromatic carbocycles. The molecule has 1 aliphatic carbocycles. The lowest BCUT2D eigenvalue weighted by Gasteiger charge is -2.21. The fraction of sp³-hybridized carbons (Fsp3) is 0.667. The van der Waals surface area contributed by atoms with E-state index in [0.717, 1.165) is 17.8 Å². The molecule has 0 bridgehead atoms. The van der Waals surface area contributed by atoms with Crippen LogP contribution in [0, 0.1) is 17.8 Å². The zero-order valence-corrected chi connectivity index (χ0v) is 8.46. The smallest absolute Gasteiger partial charge is 0.0142 e. The first-order valence-electron chi connectivity index (χ1n) is 5.09. The van der Waals surface area contributed by atoms with Crippen LogP contribution >= 0.6 is 0 Å². The molecule has 0 aromatic rings. The summed E-state index contributed by atoms with van der Waals surface area (Å²) < 4.78 is 0. The summed E-state index contributed by atoms with van der Waals surface area (Å²) in [6.07, 6.45) is 11.9. The molecule has 0 heterocycles. The molecule has 0 nitrogen and oxygen atoms in total. The van der Waals surface area contributed by atoms with Crippen molar-refractivity contribution in [3.63, 3.8) is 0 Å². The van der Waals surface area contributed by atoms with E-state index in [0.29, 0.717) is 0 Å². The standard InChI is InChI=1S/C12H20/c1-4-7-10(3)12-9-6-8-11(12)5-2/h4,6-7,9-12H,5,8H2,1-3H3/b7-4-. The predicted molar refractivity (Wildman–Crippen MR) is 55.0 cm³/mol. The average molecular weight is 164 g/mol. The average Bonchev–Trinajstić information content (AvgIpc) is 2.51. The van der Waals surface area contributed by atoms with Crippen LogP contribution in [0.1, 0.15) is 33.6 Å². The van der Waals surface area contributed by atoms with Gasteiger partial charge in [0.15, 0.2) is 0 Å². The van der Waals surface area contributed by atoms with Crippen LogP contribution < -0.4 is 0 Å². The highest BCUT2D eigenvalue weighted by molar-refractivity contribution is 5.06. The van der Waals surface area contributed by atoms with Gasteiger partial charge in [-0.25, -0.2) is 0 Å². The number of hydrogen-bond acceptors (Lipinski definition) is 0. The molecule has 0 fully saturated rings. The molecule has 0 saturated carbocycles. The summed E-state index contributed by atoms with van der Waals surface area (Å²) in [5.41, 5.74) is 0. The van der Waals surface area contributed by atoms with Crippen molar-refractivity contribution in [1.82, 2.24) is 0 Å². The van der Waals surface area contributed by atoms with Gasteiger partial charge < -0.3 is 0 Å². The van der Waals surface area contributed by atoms with E-state index in [4.69, 9.17) is 0 Å². The van der Waals surface area contributed by atoms with Gasteiger partial charge in [0.2, 0.25) is 0 Å². The van der Waals surface area contributed by atoms with Gasteiger partial charge in [-0.05, 0) is 31.1 Å². The van der Waals surface area contributed by atoms with Crippen molar-refractivity contribution in [1.29, 1.82) is 0 Å². The van der Waals surface area contributed by atoms with Gasteiger partial charge in [-0.15, -0.1) is 0 Å². The Morgan fingerprint density at radius 1 is 1.58 bits per heavy atom. The van der Waals surface area contributed by atoms with Crippen LogP contribution in [0.5, 0.6) is 0 Å². The van der Waals surface area contributed by atoms with Crippen molar-refractivity contribution >= 4 is 0 Å². The molecule has 0 aromatic heterocycles. The molecule has 1 aliphatic rings. The van der Waals surface area contributed by atoms with E-state index in [9.17, 15) is 0 Å². The molecule has 0 spiro atoms. The molecule has 0 radical (unpaired) electrons. The summed E-state index contributed by atoms with van der Waals surface area (Å²) in [5, 5.41) is 0. The molecule has 0 amide bonds. The van der Waals surface area contributed by atoms with Gasteiger partial charge in [0.1, 0.15) is 0 Å². The van der Waals surface area contributed by atoms with Crippen molar-refractivity contribution in [2.45, 2.75) is 33.6 Å². The normalized spacial score (nSPS) is 31.6. The molecule has 0 heteroatoms. The van der Waals surface area contributed by atoms with Gasteiger partial charge in [0.05, 0.1) is 0 Å². The molecule has 1 rings (SSSR count). The topological polar surface area (TPSA) is 0 Å². The lowest BCUT2D eigenvalue weighted by molar-refractivity contribution is 0.349. The number of rotatable bonds is 3. The van der Waals surface area contributed by atoms with Crippen LogP contribution in [0.3, 0.4) is 0 Å². The van der Waals surface area contributed by atoms with Crippen molar-refractivity contribution in [2.24, 2.45) is 17.8 Å². The maximum atomic E-state index is 2.40. The van der Waals surface area contributed by atoms with Gasteiger partial charge in [-0.2, -0.15) is 0 Å². The highest BCUT2D eigenvalue weighted by Gasteiger charge is 2.24. The Labute approximate surface area is 76.4 Å². The molecule has 12 heavy (non-hydrogen) atoms. The minimum atomic E-state index is 0.721. The largest absolute Gasteiger partial charge is 0.0914 e. The third kappa shape index (κ3) is 2.00. The van der Waals surface area contributed by atoms with Crippen molar-refractivity contribution < 1.29 is 0 Å². The zero-order chi connectivity index (χ0) is 8.97. The monoisotopic (exact) mass is 164 g/mol. The molecule has 0 N–H and O–H groups in total. The van der Waals surface area contributed by atoms with Crippen LogP contribution in [-0.4, -0.2) is 0 Å². The third-order valence-corrected chi connectivity index (χ3v) is 2.97. The SMILES string of the molecule is C/C=C\C(C)C1C=CCC1CC. The fourth-order valence-electron chi connectivity index (χ4n) is 2.20. The Bertz CT molecular complexity index is 176. The van der Waals surface area contributed by atoms with Gasteiger partial charge in [-0.3, -0.25) is 0 Å². The number of allylic oxidation sites excluding steroid dienone is 4. The fourth-order valence-corrected chi connectivity index (χ4v) is 2.20. The third-order valence-electron chi connectivity index (χ3n) is 2.97. The van der Waals surface area contributed by atoms with E-state index in [1.807, 2.05) is 0 Å². The van der Waals surface area contributed by atoms with Crippen molar-refractivity contribution in [3.05, 3.63) is 24.3 Å². The van der Waals surface area contributed by atoms with Gasteiger partial charge in [0, 0.05) is 0 Å². The predicted octanol–water partition coefficient (Wildman–Crippen LogP) is 3.80. The molecule has 68 valence electrons. The van der Waals surface area contributed by atoms with Gasteiger partial charge in [-0.1, -0.05) is 44.6 Å². The highest BCUT2D eigenvalue weighted by Crippen LogP contribution is 2.33. The Hall–Kier alpha value is -0.520. The summed E-state index contributed by atoms with van der Waals surface area (Å²) in [7, 11) is 0. The van der Waals surface area contributed by atoms with E-state index < -0.39 is 0 Å². The lowest BCUT2D eigenvalue weighted by Crippen LogP contribution is -2.14. The summed E-state index contributed by atoms with van der Waals surface area (Å²) >= 11 is 0. The maximum Gasteiger partial charge on any atom is -0.0142 e. The van der Waals surface area contributed by atoms with Crippen LogP contribution in [0.4, 0.5) is 0 Å². The molecule has 0 saturated heterocycles. The second-order valence-corrected chi connectivity index (χ2v) is 3.79.